The van der Waals surface area contributed by atoms with E-state index < -0.39 is 6.10 Å². The number of benzene rings is 1. The number of nitrogens with zero attached hydrogens (tertiary/aromatic N) is 2. The lowest BCUT2D eigenvalue weighted by Crippen LogP contribution is -2.34. The Labute approximate surface area is 134 Å². The van der Waals surface area contributed by atoms with Crippen molar-refractivity contribution in [2.45, 2.75) is 20.0 Å². The van der Waals surface area contributed by atoms with E-state index in [1.165, 1.54) is 11.3 Å². The van der Waals surface area contributed by atoms with Gasteiger partial charge in [-0.3, -0.25) is 4.79 Å². The van der Waals surface area contributed by atoms with E-state index >= 15 is 0 Å². The number of carbonyl (C=O) groups excluding carboxylic acids is 1. The van der Waals surface area contributed by atoms with E-state index in [-0.39, 0.29) is 12.5 Å². The molecule has 0 radical (unpaired) electrons. The summed E-state index contributed by atoms with van der Waals surface area (Å²) in [5.41, 5.74) is 2.29. The molecule has 0 fully saturated rings. The van der Waals surface area contributed by atoms with E-state index in [1.54, 1.807) is 16.3 Å². The monoisotopic (exact) mass is 314 g/mol. The molecule has 1 amide bonds. The minimum Gasteiger partial charge on any atom is -0.387 e. The number of thiophene rings is 1. The summed E-state index contributed by atoms with van der Waals surface area (Å²) in [4.78, 5) is 14.5. The van der Waals surface area contributed by atoms with Gasteiger partial charge in [0.2, 0.25) is 0 Å². The van der Waals surface area contributed by atoms with Crippen molar-refractivity contribution in [1.29, 1.82) is 5.26 Å². The van der Waals surface area contributed by atoms with Gasteiger partial charge in [-0.15, -0.1) is 11.3 Å². The molecule has 114 valence electrons. The molecule has 0 saturated heterocycles. The van der Waals surface area contributed by atoms with Gasteiger partial charge in [-0.25, -0.2) is 0 Å². The number of aryl methyl sites for hydroxylation is 1. The van der Waals surface area contributed by atoms with Crippen LogP contribution in [-0.2, 0) is 0 Å². The summed E-state index contributed by atoms with van der Waals surface area (Å²) in [6, 6.07) is 11.3. The van der Waals surface area contributed by atoms with Gasteiger partial charge in [-0.2, -0.15) is 5.26 Å². The molecule has 5 heteroatoms. The van der Waals surface area contributed by atoms with Gasteiger partial charge in [-0.1, -0.05) is 29.8 Å². The van der Waals surface area contributed by atoms with Crippen LogP contribution in [0.4, 0.5) is 0 Å². The summed E-state index contributed by atoms with van der Waals surface area (Å²) in [6.07, 6.45) is -0.741. The van der Waals surface area contributed by atoms with Crippen molar-refractivity contribution in [2.75, 3.05) is 13.1 Å². The summed E-state index contributed by atoms with van der Waals surface area (Å²) >= 11 is 1.26. The lowest BCUT2D eigenvalue weighted by molar-refractivity contribution is 0.0639. The molecule has 4 nitrogen and oxygen atoms in total. The van der Waals surface area contributed by atoms with Gasteiger partial charge in [0.05, 0.1) is 18.2 Å². The van der Waals surface area contributed by atoms with E-state index in [0.717, 1.165) is 11.1 Å². The SMILES string of the molecule is CCN(CC(O)c1ccc(C)cc1)C(=O)c1sccc1C#N. The lowest BCUT2D eigenvalue weighted by Gasteiger charge is -2.24. The van der Waals surface area contributed by atoms with Crippen LogP contribution in [0.1, 0.15) is 39.4 Å². The fourth-order valence-corrected chi connectivity index (χ4v) is 2.98. The number of amides is 1. The van der Waals surface area contributed by atoms with Crippen LogP contribution in [0.5, 0.6) is 0 Å². The quantitative estimate of drug-likeness (QED) is 0.922. The predicted molar refractivity (Wildman–Crippen MR) is 86.8 cm³/mol. The lowest BCUT2D eigenvalue weighted by atomic mass is 10.1. The molecule has 0 spiro atoms. The molecule has 1 aromatic carbocycles. The second-order valence-corrected chi connectivity index (χ2v) is 5.96. The Morgan fingerprint density at radius 2 is 2.05 bits per heavy atom. The minimum absolute atomic E-state index is 0.208. The zero-order chi connectivity index (χ0) is 16.1. The molecule has 0 aliphatic heterocycles. The number of carbonyl (C=O) groups is 1. The third-order valence-electron chi connectivity index (χ3n) is 3.50. The number of nitriles is 1. The Hall–Kier alpha value is -2.16. The van der Waals surface area contributed by atoms with Crippen LogP contribution in [0.25, 0.3) is 0 Å². The zero-order valence-electron chi connectivity index (χ0n) is 12.6. The minimum atomic E-state index is -0.741. The third-order valence-corrected chi connectivity index (χ3v) is 4.41. The number of rotatable bonds is 5. The molecule has 1 heterocycles. The van der Waals surface area contributed by atoms with E-state index in [1.807, 2.05) is 44.2 Å². The standard InChI is InChI=1S/C17H18N2O2S/c1-3-19(17(21)16-14(10-18)8-9-22-16)11-15(20)13-6-4-12(2)5-7-13/h4-9,15,20H,3,11H2,1-2H3. The first kappa shape index (κ1) is 16.2. The molecule has 2 aromatic rings. The number of hydrogen-bond acceptors (Lipinski definition) is 4. The first-order valence-electron chi connectivity index (χ1n) is 7.08. The molecule has 1 aromatic heterocycles. The molecule has 0 aliphatic rings. The van der Waals surface area contributed by atoms with Crippen molar-refractivity contribution in [2.24, 2.45) is 0 Å². The largest absolute Gasteiger partial charge is 0.387 e. The highest BCUT2D eigenvalue weighted by Crippen LogP contribution is 2.21. The number of aliphatic hydroxyl groups is 1. The Bertz CT molecular complexity index is 685. The Balaban J connectivity index is 2.13. The Morgan fingerprint density at radius 1 is 1.36 bits per heavy atom. The molecular formula is C17H18N2O2S. The van der Waals surface area contributed by atoms with Gasteiger partial charge >= 0.3 is 0 Å². The average molecular weight is 314 g/mol. The van der Waals surface area contributed by atoms with E-state index in [9.17, 15) is 9.90 Å². The van der Waals surface area contributed by atoms with Gasteiger partial charge < -0.3 is 10.0 Å². The van der Waals surface area contributed by atoms with Crippen molar-refractivity contribution in [3.63, 3.8) is 0 Å². The van der Waals surface area contributed by atoms with Gasteiger partial charge in [-0.05, 0) is 30.9 Å². The molecular weight excluding hydrogens is 296 g/mol. The second-order valence-electron chi connectivity index (χ2n) is 5.05. The molecule has 1 N–H and O–H groups in total. The molecule has 0 bridgehead atoms. The first-order valence-corrected chi connectivity index (χ1v) is 7.96. The van der Waals surface area contributed by atoms with Gasteiger partial charge in [0.25, 0.3) is 5.91 Å². The highest BCUT2D eigenvalue weighted by Gasteiger charge is 2.22. The highest BCUT2D eigenvalue weighted by molar-refractivity contribution is 7.12. The molecule has 1 unspecified atom stereocenters. The molecule has 2 rings (SSSR count). The van der Waals surface area contributed by atoms with Crippen molar-refractivity contribution in [3.8, 4) is 6.07 Å². The van der Waals surface area contributed by atoms with Crippen molar-refractivity contribution in [3.05, 3.63) is 57.3 Å². The summed E-state index contributed by atoms with van der Waals surface area (Å²) in [5.74, 6) is -0.208. The summed E-state index contributed by atoms with van der Waals surface area (Å²) in [5, 5.41) is 21.1. The smallest absolute Gasteiger partial charge is 0.265 e. The maximum atomic E-state index is 12.5. The first-order chi connectivity index (χ1) is 10.6. The molecule has 22 heavy (non-hydrogen) atoms. The fraction of sp³-hybridized carbons (Fsp3) is 0.294. The third kappa shape index (κ3) is 3.53. The number of likely N-dealkylation sites (N-methyl/N-ethyl adjacent to an activating group) is 1. The zero-order valence-corrected chi connectivity index (χ0v) is 13.4. The number of hydrogen-bond donors (Lipinski definition) is 1. The van der Waals surface area contributed by atoms with Crippen LogP contribution in [0, 0.1) is 18.3 Å². The topological polar surface area (TPSA) is 64.3 Å². The van der Waals surface area contributed by atoms with Crippen molar-refractivity contribution in [1.82, 2.24) is 4.90 Å². The van der Waals surface area contributed by atoms with Crippen LogP contribution in [-0.4, -0.2) is 29.0 Å². The van der Waals surface area contributed by atoms with Gasteiger partial charge in [0.15, 0.2) is 0 Å². The van der Waals surface area contributed by atoms with Crippen LogP contribution >= 0.6 is 11.3 Å². The highest BCUT2D eigenvalue weighted by atomic mass is 32.1. The fourth-order valence-electron chi connectivity index (χ4n) is 2.16. The summed E-state index contributed by atoms with van der Waals surface area (Å²) < 4.78 is 0. The predicted octanol–water partition coefficient (Wildman–Crippen LogP) is 3.12. The van der Waals surface area contributed by atoms with Crippen LogP contribution in [0.3, 0.4) is 0 Å². The van der Waals surface area contributed by atoms with E-state index in [4.69, 9.17) is 5.26 Å². The molecule has 0 aliphatic carbocycles. The van der Waals surface area contributed by atoms with Crippen LogP contribution in [0.2, 0.25) is 0 Å². The van der Waals surface area contributed by atoms with Crippen molar-refractivity contribution < 1.29 is 9.90 Å². The number of aliphatic hydroxyl groups excluding tert-OH is 1. The van der Waals surface area contributed by atoms with Crippen molar-refractivity contribution >= 4 is 17.2 Å². The average Bonchev–Trinajstić information content (AvgIpc) is 3.01. The maximum Gasteiger partial charge on any atom is 0.265 e. The van der Waals surface area contributed by atoms with E-state index in [2.05, 4.69) is 0 Å². The normalized spacial score (nSPS) is 11.7. The molecule has 1 atom stereocenters. The maximum absolute atomic E-state index is 12.5. The molecule has 0 saturated carbocycles. The van der Waals surface area contributed by atoms with Gasteiger partial charge in [0, 0.05) is 6.54 Å². The Kier molecular flexibility index (Phi) is 5.31. The summed E-state index contributed by atoms with van der Waals surface area (Å²) in [6.45, 7) is 4.53. The summed E-state index contributed by atoms with van der Waals surface area (Å²) in [7, 11) is 0. The van der Waals surface area contributed by atoms with Crippen LogP contribution < -0.4 is 0 Å². The van der Waals surface area contributed by atoms with Crippen LogP contribution in [0.15, 0.2) is 35.7 Å². The van der Waals surface area contributed by atoms with E-state index in [0.29, 0.717) is 17.0 Å². The Morgan fingerprint density at radius 3 is 2.64 bits per heavy atom. The second kappa shape index (κ2) is 7.21. The van der Waals surface area contributed by atoms with Gasteiger partial charge in [0.1, 0.15) is 10.9 Å².